The van der Waals surface area contributed by atoms with Gasteiger partial charge in [0.1, 0.15) is 17.3 Å². The van der Waals surface area contributed by atoms with Crippen LogP contribution in [0.15, 0.2) is 66.9 Å². The van der Waals surface area contributed by atoms with Gasteiger partial charge in [0.05, 0.1) is 5.02 Å². The van der Waals surface area contributed by atoms with Gasteiger partial charge in [0.2, 0.25) is 0 Å². The average molecular weight is 500 g/mol. The molecule has 2 aromatic carbocycles. The van der Waals surface area contributed by atoms with Gasteiger partial charge in [-0.2, -0.15) is 0 Å². The van der Waals surface area contributed by atoms with E-state index >= 15 is 0 Å². The third kappa shape index (κ3) is 5.97. The van der Waals surface area contributed by atoms with Crippen molar-refractivity contribution in [3.63, 3.8) is 0 Å². The number of carbonyl (C=O) groups excluding carboxylic acids is 2. The number of pyridine rings is 2. The Labute approximate surface area is 216 Å². The standard InChI is InChI=1S/C30H30ClN3O2/c1-19-7-5-9-22(17-19)34-29-24-10-6-8-20(23(24)15-16-32-29)18-26(35)28-25(31)13-11-21(33-28)12-14-27(36)30(2,3)4/h5-11,13,15-17H,12,14,18H2,1-4H3,(H,32,34). The van der Waals surface area contributed by atoms with Crippen molar-refractivity contribution in [1.29, 1.82) is 0 Å². The maximum Gasteiger partial charge on any atom is 0.187 e. The summed E-state index contributed by atoms with van der Waals surface area (Å²) in [5, 5.41) is 5.58. The van der Waals surface area contributed by atoms with Crippen LogP contribution in [0.3, 0.4) is 0 Å². The van der Waals surface area contributed by atoms with Gasteiger partial charge in [0.15, 0.2) is 5.78 Å². The Morgan fingerprint density at radius 2 is 1.75 bits per heavy atom. The third-order valence-electron chi connectivity index (χ3n) is 6.14. The number of ketones is 2. The normalized spacial score (nSPS) is 11.5. The van der Waals surface area contributed by atoms with Gasteiger partial charge in [0, 0.05) is 41.2 Å². The van der Waals surface area contributed by atoms with Crippen molar-refractivity contribution in [1.82, 2.24) is 9.97 Å². The van der Waals surface area contributed by atoms with Crippen LogP contribution in [0.5, 0.6) is 0 Å². The molecule has 0 saturated carbocycles. The number of Topliss-reactive ketones (excluding diaryl/α,β-unsaturated/α-hetero) is 2. The lowest BCUT2D eigenvalue weighted by molar-refractivity contribution is -0.126. The van der Waals surface area contributed by atoms with Crippen molar-refractivity contribution in [2.24, 2.45) is 5.41 Å². The average Bonchev–Trinajstić information content (AvgIpc) is 2.83. The molecular weight excluding hydrogens is 470 g/mol. The number of fused-ring (bicyclic) bond motifs is 1. The van der Waals surface area contributed by atoms with E-state index < -0.39 is 5.41 Å². The zero-order chi connectivity index (χ0) is 25.9. The number of hydrogen-bond donors (Lipinski definition) is 1. The molecule has 0 spiro atoms. The zero-order valence-electron chi connectivity index (χ0n) is 21.1. The van der Waals surface area contributed by atoms with Crippen molar-refractivity contribution in [3.05, 3.63) is 94.4 Å². The largest absolute Gasteiger partial charge is 0.340 e. The Bertz CT molecular complexity index is 1440. The number of aryl methyl sites for hydroxylation is 2. The first-order valence-electron chi connectivity index (χ1n) is 12.0. The molecule has 0 aliphatic carbocycles. The smallest absolute Gasteiger partial charge is 0.187 e. The van der Waals surface area contributed by atoms with Crippen LogP contribution in [0.2, 0.25) is 5.02 Å². The van der Waals surface area contributed by atoms with Crippen LogP contribution in [0.4, 0.5) is 11.5 Å². The summed E-state index contributed by atoms with van der Waals surface area (Å²) in [5.41, 5.74) is 3.50. The van der Waals surface area contributed by atoms with Crippen molar-refractivity contribution >= 4 is 45.4 Å². The molecule has 0 saturated heterocycles. The summed E-state index contributed by atoms with van der Waals surface area (Å²) in [6.07, 6.45) is 2.75. The second kappa shape index (κ2) is 10.6. The monoisotopic (exact) mass is 499 g/mol. The Kier molecular flexibility index (Phi) is 7.51. The lowest BCUT2D eigenvalue weighted by atomic mass is 9.88. The number of aromatic nitrogens is 2. The Hall–Kier alpha value is -3.57. The number of benzene rings is 2. The molecule has 0 fully saturated rings. The van der Waals surface area contributed by atoms with E-state index in [1.807, 2.05) is 70.2 Å². The van der Waals surface area contributed by atoms with Gasteiger partial charge in [-0.15, -0.1) is 0 Å². The van der Waals surface area contributed by atoms with Gasteiger partial charge in [-0.3, -0.25) is 9.59 Å². The summed E-state index contributed by atoms with van der Waals surface area (Å²) >= 11 is 6.37. The van der Waals surface area contributed by atoms with E-state index in [9.17, 15) is 9.59 Å². The van der Waals surface area contributed by atoms with Crippen molar-refractivity contribution < 1.29 is 9.59 Å². The van der Waals surface area contributed by atoms with Gasteiger partial charge in [-0.05, 0) is 60.2 Å². The molecular formula is C30H30ClN3O2. The fourth-order valence-corrected chi connectivity index (χ4v) is 4.29. The molecule has 0 radical (unpaired) electrons. The molecule has 2 heterocycles. The summed E-state index contributed by atoms with van der Waals surface area (Å²) in [7, 11) is 0. The molecule has 6 heteroatoms. The van der Waals surface area contributed by atoms with E-state index in [0.717, 1.165) is 33.4 Å². The maximum absolute atomic E-state index is 13.3. The molecule has 0 aliphatic rings. The lowest BCUT2D eigenvalue weighted by Crippen LogP contribution is -2.20. The van der Waals surface area contributed by atoms with Crippen LogP contribution >= 0.6 is 11.6 Å². The molecule has 0 aliphatic heterocycles. The van der Waals surface area contributed by atoms with Crippen molar-refractivity contribution in [2.45, 2.75) is 47.0 Å². The van der Waals surface area contributed by atoms with Gasteiger partial charge in [-0.25, -0.2) is 9.97 Å². The Morgan fingerprint density at radius 1 is 0.972 bits per heavy atom. The van der Waals surface area contributed by atoms with Crippen LogP contribution in [0.25, 0.3) is 10.8 Å². The Morgan fingerprint density at radius 3 is 2.50 bits per heavy atom. The number of halogens is 1. The highest BCUT2D eigenvalue weighted by atomic mass is 35.5. The molecule has 0 unspecified atom stereocenters. The predicted molar refractivity (Wildman–Crippen MR) is 146 cm³/mol. The fourth-order valence-electron chi connectivity index (χ4n) is 4.08. The van der Waals surface area contributed by atoms with E-state index in [1.165, 1.54) is 0 Å². The van der Waals surface area contributed by atoms with E-state index in [2.05, 4.69) is 21.4 Å². The number of anilines is 2. The summed E-state index contributed by atoms with van der Waals surface area (Å²) in [4.78, 5) is 34.7. The summed E-state index contributed by atoms with van der Waals surface area (Å²) < 4.78 is 0. The number of nitrogens with one attached hydrogen (secondary N) is 1. The molecule has 0 atom stereocenters. The van der Waals surface area contributed by atoms with Crippen molar-refractivity contribution in [2.75, 3.05) is 5.32 Å². The van der Waals surface area contributed by atoms with Crippen LogP contribution < -0.4 is 5.32 Å². The molecule has 5 nitrogen and oxygen atoms in total. The molecule has 4 aromatic rings. The minimum Gasteiger partial charge on any atom is -0.340 e. The number of rotatable bonds is 8. The maximum atomic E-state index is 13.3. The molecule has 36 heavy (non-hydrogen) atoms. The van der Waals surface area contributed by atoms with Gasteiger partial charge in [-0.1, -0.05) is 62.7 Å². The summed E-state index contributed by atoms with van der Waals surface area (Å²) in [6, 6.07) is 19.3. The summed E-state index contributed by atoms with van der Waals surface area (Å²) in [5.74, 6) is 0.724. The van der Waals surface area contributed by atoms with Crippen LogP contribution in [0.1, 0.15) is 54.5 Å². The van der Waals surface area contributed by atoms with Crippen LogP contribution in [0, 0.1) is 12.3 Å². The van der Waals surface area contributed by atoms with Crippen molar-refractivity contribution in [3.8, 4) is 0 Å². The number of nitrogens with zero attached hydrogens (tertiary/aromatic N) is 2. The number of hydrogen-bond acceptors (Lipinski definition) is 5. The lowest BCUT2D eigenvalue weighted by Gasteiger charge is -2.16. The van der Waals surface area contributed by atoms with E-state index in [-0.39, 0.29) is 23.7 Å². The quantitative estimate of drug-likeness (QED) is 0.257. The van der Waals surface area contributed by atoms with E-state index in [0.29, 0.717) is 23.6 Å². The molecule has 1 N–H and O–H groups in total. The fraction of sp³-hybridized carbons (Fsp3) is 0.267. The highest BCUT2D eigenvalue weighted by molar-refractivity contribution is 6.33. The van der Waals surface area contributed by atoms with Gasteiger partial charge in [0.25, 0.3) is 0 Å². The van der Waals surface area contributed by atoms with Crippen LogP contribution in [-0.4, -0.2) is 21.5 Å². The minimum atomic E-state index is -0.401. The van der Waals surface area contributed by atoms with E-state index in [1.54, 1.807) is 18.3 Å². The predicted octanol–water partition coefficient (Wildman–Crippen LogP) is 7.31. The molecule has 0 amide bonds. The summed E-state index contributed by atoms with van der Waals surface area (Å²) in [6.45, 7) is 7.76. The molecule has 4 rings (SSSR count). The zero-order valence-corrected chi connectivity index (χ0v) is 21.8. The number of carbonyl (C=O) groups is 2. The first kappa shape index (κ1) is 25.5. The first-order valence-corrected chi connectivity index (χ1v) is 12.4. The molecule has 184 valence electrons. The van der Waals surface area contributed by atoms with E-state index in [4.69, 9.17) is 11.6 Å². The second-order valence-corrected chi connectivity index (χ2v) is 10.5. The first-order chi connectivity index (χ1) is 17.1. The SMILES string of the molecule is Cc1cccc(Nc2nccc3c(CC(=O)c4nc(CCC(=O)C(C)(C)C)ccc4Cl)cccc23)c1. The third-order valence-corrected chi connectivity index (χ3v) is 6.45. The Balaban J connectivity index is 1.57. The van der Waals surface area contributed by atoms with Crippen LogP contribution in [-0.2, 0) is 17.6 Å². The van der Waals surface area contributed by atoms with Gasteiger partial charge < -0.3 is 5.32 Å². The topological polar surface area (TPSA) is 72.0 Å². The molecule has 0 bridgehead atoms. The molecule has 2 aromatic heterocycles. The highest BCUT2D eigenvalue weighted by Crippen LogP contribution is 2.28. The minimum absolute atomic E-state index is 0.155. The second-order valence-electron chi connectivity index (χ2n) is 10.1. The van der Waals surface area contributed by atoms with Gasteiger partial charge >= 0.3 is 0 Å². The highest BCUT2D eigenvalue weighted by Gasteiger charge is 2.21.